The number of aromatic nitrogens is 1. The number of pyridine rings is 1. The summed E-state index contributed by atoms with van der Waals surface area (Å²) in [4.78, 5) is 20.5. The number of carbonyl (C=O) groups excluding carboxylic acids is 1. The predicted octanol–water partition coefficient (Wildman–Crippen LogP) is 3.73. The molecule has 2 aliphatic rings. The molecule has 0 radical (unpaired) electrons. The first-order chi connectivity index (χ1) is 13.3. The van der Waals surface area contributed by atoms with E-state index < -0.39 is 11.7 Å². The topological polar surface area (TPSA) is 45.7 Å². The van der Waals surface area contributed by atoms with Crippen LogP contribution in [0.5, 0.6) is 0 Å². The molecule has 156 valence electrons. The third-order valence-corrected chi connectivity index (χ3v) is 6.22. The lowest BCUT2D eigenvalue weighted by atomic mass is 9.79. The maximum absolute atomic E-state index is 12.7. The molecule has 1 atom stereocenters. The first-order valence-corrected chi connectivity index (χ1v) is 9.99. The fourth-order valence-electron chi connectivity index (χ4n) is 4.09. The quantitative estimate of drug-likeness (QED) is 0.682. The van der Waals surface area contributed by atoms with E-state index in [9.17, 15) is 18.0 Å². The number of alkyl halides is 3. The number of halogens is 3. The average Bonchev–Trinajstić information content (AvgIpc) is 3.02. The molecule has 0 saturated carbocycles. The van der Waals surface area contributed by atoms with E-state index in [0.717, 1.165) is 70.7 Å². The third-order valence-electron chi connectivity index (χ3n) is 6.22. The van der Waals surface area contributed by atoms with Crippen LogP contribution in [0.4, 0.5) is 19.0 Å². The van der Waals surface area contributed by atoms with E-state index in [0.29, 0.717) is 5.82 Å². The van der Waals surface area contributed by atoms with Gasteiger partial charge >= 0.3 is 12.1 Å². The molecule has 1 aromatic rings. The Kier molecular flexibility index (Phi) is 6.17. The molecule has 2 fully saturated rings. The Bertz CT molecular complexity index is 666. The van der Waals surface area contributed by atoms with Crippen molar-refractivity contribution in [3.8, 4) is 0 Å². The lowest BCUT2D eigenvalue weighted by Gasteiger charge is -2.35. The summed E-state index contributed by atoms with van der Waals surface area (Å²) in [6, 6.07) is 2.52. The SMILES string of the molecule is CCC1(CC)CC(CCN2CCN(c3ccc(C(F)(F)F)cn3)CC2)OC1=O. The number of ether oxygens (including phenoxy) is 1. The molecule has 3 heterocycles. The zero-order chi connectivity index (χ0) is 20.4. The van der Waals surface area contributed by atoms with Crippen molar-refractivity contribution in [3.63, 3.8) is 0 Å². The van der Waals surface area contributed by atoms with Crippen LogP contribution in [0.3, 0.4) is 0 Å². The van der Waals surface area contributed by atoms with Crippen LogP contribution >= 0.6 is 0 Å². The monoisotopic (exact) mass is 399 g/mol. The maximum atomic E-state index is 12.7. The van der Waals surface area contributed by atoms with Gasteiger partial charge in [0.15, 0.2) is 0 Å². The first kappa shape index (κ1) is 20.9. The van der Waals surface area contributed by atoms with Gasteiger partial charge in [0.2, 0.25) is 0 Å². The average molecular weight is 399 g/mol. The molecule has 0 bridgehead atoms. The van der Waals surface area contributed by atoms with Gasteiger partial charge < -0.3 is 9.64 Å². The molecule has 0 aromatic carbocycles. The van der Waals surface area contributed by atoms with Gasteiger partial charge in [-0.1, -0.05) is 13.8 Å². The molecule has 0 N–H and O–H groups in total. The molecule has 1 aromatic heterocycles. The van der Waals surface area contributed by atoms with Crippen molar-refractivity contribution in [3.05, 3.63) is 23.9 Å². The Morgan fingerprint density at radius 2 is 1.86 bits per heavy atom. The normalized spacial score (nSPS) is 23.1. The van der Waals surface area contributed by atoms with Crippen molar-refractivity contribution in [1.29, 1.82) is 0 Å². The Hall–Kier alpha value is -1.83. The van der Waals surface area contributed by atoms with Crippen LogP contribution in [0.1, 0.15) is 45.1 Å². The number of carbonyl (C=O) groups is 1. The van der Waals surface area contributed by atoms with E-state index >= 15 is 0 Å². The fraction of sp³-hybridized carbons (Fsp3) is 0.700. The number of hydrogen-bond donors (Lipinski definition) is 0. The Morgan fingerprint density at radius 1 is 1.18 bits per heavy atom. The Balaban J connectivity index is 1.45. The van der Waals surface area contributed by atoms with Gasteiger partial charge in [0, 0.05) is 45.3 Å². The summed E-state index contributed by atoms with van der Waals surface area (Å²) < 4.78 is 43.6. The first-order valence-electron chi connectivity index (χ1n) is 9.99. The van der Waals surface area contributed by atoms with Gasteiger partial charge in [-0.25, -0.2) is 4.98 Å². The van der Waals surface area contributed by atoms with Crippen molar-refractivity contribution >= 4 is 11.8 Å². The minimum absolute atomic E-state index is 0.0120. The number of piperazine rings is 1. The zero-order valence-corrected chi connectivity index (χ0v) is 16.5. The van der Waals surface area contributed by atoms with Crippen LogP contribution in [0.15, 0.2) is 18.3 Å². The van der Waals surface area contributed by atoms with E-state index in [4.69, 9.17) is 4.74 Å². The summed E-state index contributed by atoms with van der Waals surface area (Å²) in [6.45, 7) is 8.01. The van der Waals surface area contributed by atoms with Crippen molar-refractivity contribution in [2.45, 2.75) is 51.8 Å². The van der Waals surface area contributed by atoms with Crippen molar-refractivity contribution in [2.75, 3.05) is 37.6 Å². The second-order valence-electron chi connectivity index (χ2n) is 7.74. The highest BCUT2D eigenvalue weighted by Gasteiger charge is 2.46. The predicted molar refractivity (Wildman–Crippen MR) is 100 cm³/mol. The molecule has 3 rings (SSSR count). The number of rotatable bonds is 6. The van der Waals surface area contributed by atoms with Gasteiger partial charge in [0.05, 0.1) is 11.0 Å². The van der Waals surface area contributed by atoms with Crippen molar-refractivity contribution in [1.82, 2.24) is 9.88 Å². The Labute approximate surface area is 163 Å². The second kappa shape index (κ2) is 8.27. The molecule has 2 saturated heterocycles. The van der Waals surface area contributed by atoms with Crippen LogP contribution in [0.25, 0.3) is 0 Å². The second-order valence-corrected chi connectivity index (χ2v) is 7.74. The molecule has 28 heavy (non-hydrogen) atoms. The van der Waals surface area contributed by atoms with Crippen molar-refractivity contribution in [2.24, 2.45) is 5.41 Å². The molecule has 2 aliphatic heterocycles. The molecule has 5 nitrogen and oxygen atoms in total. The van der Waals surface area contributed by atoms with Gasteiger partial charge in [-0.3, -0.25) is 9.69 Å². The molecule has 8 heteroatoms. The van der Waals surface area contributed by atoms with E-state index in [-0.39, 0.29) is 17.5 Å². The summed E-state index contributed by atoms with van der Waals surface area (Å²) >= 11 is 0. The van der Waals surface area contributed by atoms with Crippen LogP contribution in [0.2, 0.25) is 0 Å². The van der Waals surface area contributed by atoms with Crippen molar-refractivity contribution < 1.29 is 22.7 Å². The number of cyclic esters (lactones) is 1. The fourth-order valence-corrected chi connectivity index (χ4v) is 4.09. The van der Waals surface area contributed by atoms with Gasteiger partial charge in [0.25, 0.3) is 0 Å². The van der Waals surface area contributed by atoms with E-state index in [2.05, 4.69) is 9.88 Å². The lowest BCUT2D eigenvalue weighted by molar-refractivity contribution is -0.149. The Morgan fingerprint density at radius 3 is 2.36 bits per heavy atom. The molecular formula is C20H28F3N3O2. The standard InChI is InChI=1S/C20H28F3N3O2/c1-3-19(4-2)13-16(28-18(19)27)7-8-25-9-11-26(12-10-25)17-6-5-15(14-24-17)20(21,22)23/h5-6,14,16H,3-4,7-13H2,1-2H3. The van der Waals surface area contributed by atoms with E-state index in [1.807, 2.05) is 18.7 Å². The zero-order valence-electron chi connectivity index (χ0n) is 16.5. The van der Waals surface area contributed by atoms with Gasteiger partial charge in [-0.2, -0.15) is 13.2 Å². The summed E-state index contributed by atoms with van der Waals surface area (Å²) in [6.07, 6.45) is -0.220. The summed E-state index contributed by atoms with van der Waals surface area (Å²) in [5.74, 6) is 0.522. The summed E-state index contributed by atoms with van der Waals surface area (Å²) in [7, 11) is 0. The van der Waals surface area contributed by atoms with Gasteiger partial charge in [-0.05, 0) is 31.4 Å². The highest BCUT2D eigenvalue weighted by molar-refractivity contribution is 5.78. The third kappa shape index (κ3) is 4.42. The summed E-state index contributed by atoms with van der Waals surface area (Å²) in [5.41, 5.74) is -1.03. The highest BCUT2D eigenvalue weighted by Crippen LogP contribution is 2.41. The molecule has 0 spiro atoms. The highest BCUT2D eigenvalue weighted by atomic mass is 19.4. The van der Waals surface area contributed by atoms with Crippen LogP contribution in [-0.4, -0.2) is 54.7 Å². The van der Waals surface area contributed by atoms with Crippen LogP contribution in [-0.2, 0) is 15.7 Å². The van der Waals surface area contributed by atoms with Crippen LogP contribution in [0, 0.1) is 5.41 Å². The van der Waals surface area contributed by atoms with Crippen LogP contribution < -0.4 is 4.90 Å². The minimum atomic E-state index is -4.36. The van der Waals surface area contributed by atoms with E-state index in [1.165, 1.54) is 6.07 Å². The lowest BCUT2D eigenvalue weighted by Crippen LogP contribution is -2.47. The number of esters is 1. The molecule has 0 aliphatic carbocycles. The summed E-state index contributed by atoms with van der Waals surface area (Å²) in [5, 5.41) is 0. The van der Waals surface area contributed by atoms with Gasteiger partial charge in [-0.15, -0.1) is 0 Å². The number of anilines is 1. The molecule has 0 amide bonds. The maximum Gasteiger partial charge on any atom is 0.417 e. The number of hydrogen-bond acceptors (Lipinski definition) is 5. The number of nitrogens with zero attached hydrogens (tertiary/aromatic N) is 3. The van der Waals surface area contributed by atoms with E-state index in [1.54, 1.807) is 0 Å². The molecular weight excluding hydrogens is 371 g/mol. The van der Waals surface area contributed by atoms with Gasteiger partial charge in [0.1, 0.15) is 11.9 Å². The molecule has 1 unspecified atom stereocenters. The minimum Gasteiger partial charge on any atom is -0.462 e. The smallest absolute Gasteiger partial charge is 0.417 e. The largest absolute Gasteiger partial charge is 0.462 e.